The highest BCUT2D eigenvalue weighted by Gasteiger charge is 2.37. The molecule has 0 aliphatic carbocycles. The zero-order chi connectivity index (χ0) is 25.7. The van der Waals surface area contributed by atoms with E-state index in [1.807, 2.05) is 45.9 Å². The van der Waals surface area contributed by atoms with Gasteiger partial charge in [-0.25, -0.2) is 4.79 Å². The first kappa shape index (κ1) is 24.7. The summed E-state index contributed by atoms with van der Waals surface area (Å²) in [6.45, 7) is 7.41. The highest BCUT2D eigenvalue weighted by Crippen LogP contribution is 2.34. The molecule has 2 fully saturated rings. The van der Waals surface area contributed by atoms with Crippen LogP contribution in [0.2, 0.25) is 0 Å². The maximum Gasteiger partial charge on any atom is 0.410 e. The molecule has 10 nitrogen and oxygen atoms in total. The number of carbonyl (C=O) groups is 4. The summed E-state index contributed by atoms with van der Waals surface area (Å²) in [5.41, 5.74) is 1.57. The second kappa shape index (κ2) is 8.98. The van der Waals surface area contributed by atoms with Crippen molar-refractivity contribution in [1.82, 2.24) is 20.0 Å². The lowest BCUT2D eigenvalue weighted by molar-refractivity contribution is -0.134. The van der Waals surface area contributed by atoms with Crippen LogP contribution >= 0.6 is 0 Å². The molecule has 2 saturated heterocycles. The van der Waals surface area contributed by atoms with Crippen LogP contribution in [-0.2, 0) is 26.2 Å². The molecule has 4 amide bonds. The number of nitrogens with one attached hydrogen (secondary N) is 1. The molecular weight excluding hydrogens is 450 g/mol. The SMILES string of the molecule is C[C@@H]1C[C@@H](N(C)C(=O)OC(C)(C)C)CC(=O)N1c1ccc2c(C3CCC(=O)NC3=O)nn(C)c2c1. The molecule has 1 aromatic heterocycles. The standard InChI is InChI=1S/C25H33N5O5/c1-14-11-16(28(5)24(34)35-25(2,3)4)13-21(32)30(14)15-7-8-17-19(12-15)29(6)27-22(17)18-9-10-20(31)26-23(18)33/h7-8,12,14,16,18H,9-11,13H2,1-6H3,(H,26,31,33)/t14-,16-,18?/m1/s1. The summed E-state index contributed by atoms with van der Waals surface area (Å²) in [7, 11) is 3.47. The summed E-state index contributed by atoms with van der Waals surface area (Å²) in [4.78, 5) is 52.9. The first-order valence-corrected chi connectivity index (χ1v) is 11.9. The largest absolute Gasteiger partial charge is 0.444 e. The van der Waals surface area contributed by atoms with Gasteiger partial charge in [0.2, 0.25) is 17.7 Å². The molecule has 188 valence electrons. The number of hydrogen-bond acceptors (Lipinski definition) is 6. The minimum atomic E-state index is -0.604. The Kier molecular flexibility index (Phi) is 6.33. The predicted molar refractivity (Wildman–Crippen MR) is 130 cm³/mol. The number of fused-ring (bicyclic) bond motifs is 1. The second-order valence-corrected chi connectivity index (χ2v) is 10.5. The van der Waals surface area contributed by atoms with Crippen molar-refractivity contribution in [3.05, 3.63) is 23.9 Å². The Bertz CT molecular complexity index is 1200. The summed E-state index contributed by atoms with van der Waals surface area (Å²) in [6.07, 6.45) is 1.09. The van der Waals surface area contributed by atoms with E-state index in [0.717, 1.165) is 16.6 Å². The number of rotatable bonds is 3. The molecule has 3 heterocycles. The van der Waals surface area contributed by atoms with E-state index in [4.69, 9.17) is 4.74 Å². The van der Waals surface area contributed by atoms with Crippen LogP contribution in [0.5, 0.6) is 0 Å². The van der Waals surface area contributed by atoms with Gasteiger partial charge in [0.25, 0.3) is 0 Å². The topological polar surface area (TPSA) is 114 Å². The molecule has 1 aromatic carbocycles. The number of ether oxygens (including phenoxy) is 1. The Balaban J connectivity index is 1.56. The summed E-state index contributed by atoms with van der Waals surface area (Å²) in [6, 6.07) is 5.28. The van der Waals surface area contributed by atoms with Crippen molar-refractivity contribution < 1.29 is 23.9 Å². The van der Waals surface area contributed by atoms with Crippen molar-refractivity contribution >= 4 is 40.4 Å². The molecule has 35 heavy (non-hydrogen) atoms. The molecular formula is C25H33N5O5. The summed E-state index contributed by atoms with van der Waals surface area (Å²) in [5.74, 6) is -1.15. The van der Waals surface area contributed by atoms with Gasteiger partial charge in [0, 0.05) is 50.1 Å². The number of amides is 4. The van der Waals surface area contributed by atoms with E-state index >= 15 is 0 Å². The molecule has 0 radical (unpaired) electrons. The highest BCUT2D eigenvalue weighted by molar-refractivity contribution is 6.03. The van der Waals surface area contributed by atoms with E-state index in [9.17, 15) is 19.2 Å². The number of hydrogen-bond donors (Lipinski definition) is 1. The Morgan fingerprint density at radius 1 is 1.23 bits per heavy atom. The maximum atomic E-state index is 13.2. The van der Waals surface area contributed by atoms with Crippen molar-refractivity contribution in [1.29, 1.82) is 0 Å². The molecule has 10 heteroatoms. The number of imide groups is 1. The van der Waals surface area contributed by atoms with Gasteiger partial charge in [0.05, 0.1) is 17.1 Å². The van der Waals surface area contributed by atoms with Crippen LogP contribution in [0, 0.1) is 0 Å². The van der Waals surface area contributed by atoms with Gasteiger partial charge in [-0.1, -0.05) is 0 Å². The Labute approximate surface area is 204 Å². The molecule has 4 rings (SSSR count). The minimum absolute atomic E-state index is 0.0731. The van der Waals surface area contributed by atoms with Crippen LogP contribution in [0.15, 0.2) is 18.2 Å². The van der Waals surface area contributed by atoms with Crippen molar-refractivity contribution in [2.24, 2.45) is 7.05 Å². The third-order valence-electron chi connectivity index (χ3n) is 6.67. The lowest BCUT2D eigenvalue weighted by Gasteiger charge is -2.41. The van der Waals surface area contributed by atoms with E-state index in [1.54, 1.807) is 23.7 Å². The molecule has 2 aliphatic heterocycles. The van der Waals surface area contributed by atoms with Gasteiger partial charge in [-0.05, 0) is 58.7 Å². The van der Waals surface area contributed by atoms with E-state index in [0.29, 0.717) is 18.5 Å². The maximum absolute atomic E-state index is 13.2. The van der Waals surface area contributed by atoms with Gasteiger partial charge in [-0.3, -0.25) is 24.4 Å². The quantitative estimate of drug-likeness (QED) is 0.672. The van der Waals surface area contributed by atoms with Crippen LogP contribution < -0.4 is 10.2 Å². The fourth-order valence-corrected chi connectivity index (χ4v) is 4.94. The van der Waals surface area contributed by atoms with E-state index < -0.39 is 17.6 Å². The summed E-state index contributed by atoms with van der Waals surface area (Å²) in [5, 5.41) is 7.80. The molecule has 2 aromatic rings. The van der Waals surface area contributed by atoms with Crippen LogP contribution in [0.1, 0.15) is 65.0 Å². The van der Waals surface area contributed by atoms with Gasteiger partial charge in [0.15, 0.2) is 0 Å². The van der Waals surface area contributed by atoms with Crippen molar-refractivity contribution in [3.63, 3.8) is 0 Å². The van der Waals surface area contributed by atoms with Gasteiger partial charge in [-0.15, -0.1) is 0 Å². The number of carbonyl (C=O) groups excluding carboxylic acids is 4. The molecule has 1 unspecified atom stereocenters. The van der Waals surface area contributed by atoms with Gasteiger partial charge in [-0.2, -0.15) is 5.10 Å². The average molecular weight is 484 g/mol. The summed E-state index contributed by atoms with van der Waals surface area (Å²) >= 11 is 0. The fourth-order valence-electron chi connectivity index (χ4n) is 4.94. The molecule has 0 bridgehead atoms. The third-order valence-corrected chi connectivity index (χ3v) is 6.67. The molecule has 2 aliphatic rings. The van der Waals surface area contributed by atoms with Gasteiger partial charge >= 0.3 is 6.09 Å². The van der Waals surface area contributed by atoms with Gasteiger partial charge < -0.3 is 14.5 Å². The Morgan fingerprint density at radius 2 is 1.94 bits per heavy atom. The zero-order valence-electron chi connectivity index (χ0n) is 21.1. The van der Waals surface area contributed by atoms with Gasteiger partial charge in [0.1, 0.15) is 5.60 Å². The van der Waals surface area contributed by atoms with E-state index in [1.165, 1.54) is 4.90 Å². The van der Waals surface area contributed by atoms with Crippen LogP contribution in [-0.4, -0.2) is 63.2 Å². The zero-order valence-corrected chi connectivity index (χ0v) is 21.1. The first-order valence-electron chi connectivity index (χ1n) is 11.9. The normalized spacial score (nSPS) is 23.4. The average Bonchev–Trinajstić information content (AvgIpc) is 3.07. The molecule has 0 saturated carbocycles. The van der Waals surface area contributed by atoms with Crippen molar-refractivity contribution in [2.75, 3.05) is 11.9 Å². The van der Waals surface area contributed by atoms with Crippen LogP contribution in [0.4, 0.5) is 10.5 Å². The summed E-state index contributed by atoms with van der Waals surface area (Å²) < 4.78 is 7.17. The lowest BCUT2D eigenvalue weighted by Crippen LogP contribution is -2.53. The fraction of sp³-hybridized carbons (Fsp3) is 0.560. The number of nitrogens with zero attached hydrogens (tertiary/aromatic N) is 4. The van der Waals surface area contributed by atoms with E-state index in [-0.39, 0.29) is 42.6 Å². The number of aromatic nitrogens is 2. The first-order chi connectivity index (χ1) is 16.4. The molecule has 3 atom stereocenters. The number of benzene rings is 1. The van der Waals surface area contributed by atoms with Crippen molar-refractivity contribution in [2.45, 2.75) is 77.0 Å². The second-order valence-electron chi connectivity index (χ2n) is 10.5. The van der Waals surface area contributed by atoms with E-state index in [2.05, 4.69) is 10.4 Å². The molecule has 1 N–H and O–H groups in total. The minimum Gasteiger partial charge on any atom is -0.444 e. The number of aryl methyl sites for hydroxylation is 1. The smallest absolute Gasteiger partial charge is 0.410 e. The van der Waals surface area contributed by atoms with Crippen molar-refractivity contribution in [3.8, 4) is 0 Å². The lowest BCUT2D eigenvalue weighted by atomic mass is 9.92. The Hall–Kier alpha value is -3.43. The van der Waals surface area contributed by atoms with Crippen LogP contribution in [0.3, 0.4) is 0 Å². The predicted octanol–water partition coefficient (Wildman–Crippen LogP) is 2.84. The Morgan fingerprint density at radius 3 is 2.57 bits per heavy atom. The highest BCUT2D eigenvalue weighted by atomic mass is 16.6. The molecule has 0 spiro atoms. The monoisotopic (exact) mass is 483 g/mol. The number of piperidine rings is 2. The van der Waals surface area contributed by atoms with Crippen LogP contribution in [0.25, 0.3) is 10.9 Å². The third kappa shape index (κ3) is 4.87. The number of anilines is 1.